The Morgan fingerprint density at radius 3 is 2.43 bits per heavy atom. The molecule has 23 heavy (non-hydrogen) atoms. The van der Waals surface area contributed by atoms with Crippen molar-refractivity contribution in [3.05, 3.63) is 22.4 Å². The van der Waals surface area contributed by atoms with Crippen molar-refractivity contribution in [2.24, 2.45) is 0 Å². The van der Waals surface area contributed by atoms with Gasteiger partial charge in [-0.3, -0.25) is 9.59 Å². The number of nitrogens with zero attached hydrogens (tertiary/aromatic N) is 2. The second-order valence-corrected chi connectivity index (χ2v) is 8.53. The van der Waals surface area contributed by atoms with E-state index in [-0.39, 0.29) is 30.3 Å². The summed E-state index contributed by atoms with van der Waals surface area (Å²) < 4.78 is 25.4. The first-order valence-corrected chi connectivity index (χ1v) is 10.2. The first-order chi connectivity index (χ1) is 10.9. The monoisotopic (exact) mass is 358 g/mol. The molecule has 1 aliphatic rings. The van der Waals surface area contributed by atoms with Crippen LogP contribution in [0.5, 0.6) is 0 Å². The SMILES string of the molecule is CCCS(=O)(=O)N1CCN(C(=O)CCC(=O)c2cccs2)CC1. The molecule has 1 amide bonds. The van der Waals surface area contributed by atoms with Crippen LogP contribution in [0.15, 0.2) is 17.5 Å². The number of piperazine rings is 1. The number of Topliss-reactive ketones (excluding diaryl/α,β-unsaturated/α-hetero) is 1. The molecule has 0 radical (unpaired) electrons. The van der Waals surface area contributed by atoms with Crippen molar-refractivity contribution in [2.45, 2.75) is 26.2 Å². The molecule has 6 nitrogen and oxygen atoms in total. The molecule has 8 heteroatoms. The summed E-state index contributed by atoms with van der Waals surface area (Å²) in [6, 6.07) is 3.57. The lowest BCUT2D eigenvalue weighted by Crippen LogP contribution is -2.51. The molecule has 0 spiro atoms. The summed E-state index contributed by atoms with van der Waals surface area (Å²) in [5.41, 5.74) is 0. The molecule has 1 aromatic rings. The van der Waals surface area contributed by atoms with Crippen LogP contribution >= 0.6 is 11.3 Å². The van der Waals surface area contributed by atoms with E-state index in [4.69, 9.17) is 0 Å². The third kappa shape index (κ3) is 4.86. The average molecular weight is 358 g/mol. The van der Waals surface area contributed by atoms with Gasteiger partial charge in [-0.1, -0.05) is 13.0 Å². The summed E-state index contributed by atoms with van der Waals surface area (Å²) in [5.74, 6) is 0.0518. The van der Waals surface area contributed by atoms with Gasteiger partial charge in [-0.25, -0.2) is 8.42 Å². The smallest absolute Gasteiger partial charge is 0.223 e. The van der Waals surface area contributed by atoms with Gasteiger partial charge in [0.25, 0.3) is 0 Å². The van der Waals surface area contributed by atoms with E-state index < -0.39 is 10.0 Å². The quantitative estimate of drug-likeness (QED) is 0.694. The molecule has 0 bridgehead atoms. The first kappa shape index (κ1) is 18.1. The van der Waals surface area contributed by atoms with Gasteiger partial charge in [0, 0.05) is 39.0 Å². The molecule has 1 saturated heterocycles. The van der Waals surface area contributed by atoms with Gasteiger partial charge in [0.2, 0.25) is 15.9 Å². The molecule has 0 unspecified atom stereocenters. The second-order valence-electron chi connectivity index (χ2n) is 5.50. The van der Waals surface area contributed by atoms with Gasteiger partial charge in [-0.15, -0.1) is 11.3 Å². The zero-order chi connectivity index (χ0) is 16.9. The van der Waals surface area contributed by atoms with Crippen LogP contribution in [0.2, 0.25) is 0 Å². The number of ketones is 1. The predicted octanol–water partition coefficient (Wildman–Crippen LogP) is 1.59. The fourth-order valence-corrected chi connectivity index (χ4v) is 4.73. The highest BCUT2D eigenvalue weighted by atomic mass is 32.2. The molecule has 0 aromatic carbocycles. The van der Waals surface area contributed by atoms with Crippen molar-refractivity contribution >= 4 is 33.1 Å². The van der Waals surface area contributed by atoms with Gasteiger partial charge in [-0.05, 0) is 17.9 Å². The molecule has 1 fully saturated rings. The third-order valence-corrected chi connectivity index (χ3v) is 6.80. The number of carbonyl (C=O) groups is 2. The largest absolute Gasteiger partial charge is 0.340 e. The molecule has 0 saturated carbocycles. The van der Waals surface area contributed by atoms with Gasteiger partial charge in [-0.2, -0.15) is 4.31 Å². The first-order valence-electron chi connectivity index (χ1n) is 7.76. The van der Waals surface area contributed by atoms with Gasteiger partial charge in [0.05, 0.1) is 10.6 Å². The van der Waals surface area contributed by atoms with E-state index >= 15 is 0 Å². The van der Waals surface area contributed by atoms with E-state index in [1.165, 1.54) is 15.6 Å². The minimum atomic E-state index is -3.20. The van der Waals surface area contributed by atoms with Crippen LogP contribution in [0.25, 0.3) is 0 Å². The Hall–Kier alpha value is -1.25. The van der Waals surface area contributed by atoms with Crippen molar-refractivity contribution in [2.75, 3.05) is 31.9 Å². The molecule has 128 valence electrons. The summed E-state index contributed by atoms with van der Waals surface area (Å²) in [7, 11) is -3.20. The molecular formula is C15H22N2O4S2. The van der Waals surface area contributed by atoms with Gasteiger partial charge in [0.1, 0.15) is 0 Å². The number of hydrogen-bond donors (Lipinski definition) is 0. The Kier molecular flexibility index (Phi) is 6.32. The lowest BCUT2D eigenvalue weighted by molar-refractivity contribution is -0.132. The van der Waals surface area contributed by atoms with Gasteiger partial charge >= 0.3 is 0 Å². The van der Waals surface area contributed by atoms with Crippen molar-refractivity contribution in [3.63, 3.8) is 0 Å². The standard InChI is InChI=1S/C15H22N2O4S2/c1-2-12-23(20,21)17-9-7-16(8-10-17)15(19)6-5-13(18)14-4-3-11-22-14/h3-4,11H,2,5-10,12H2,1H3. The van der Waals surface area contributed by atoms with E-state index in [2.05, 4.69) is 0 Å². The zero-order valence-electron chi connectivity index (χ0n) is 13.2. The lowest BCUT2D eigenvalue weighted by Gasteiger charge is -2.34. The second kappa shape index (κ2) is 8.03. The Balaban J connectivity index is 1.79. The van der Waals surface area contributed by atoms with Crippen LogP contribution in [0.4, 0.5) is 0 Å². The maximum Gasteiger partial charge on any atom is 0.223 e. The maximum atomic E-state index is 12.2. The van der Waals surface area contributed by atoms with Crippen LogP contribution < -0.4 is 0 Å². The molecule has 0 aliphatic carbocycles. The van der Waals surface area contributed by atoms with Gasteiger partial charge < -0.3 is 4.90 Å². The highest BCUT2D eigenvalue weighted by Crippen LogP contribution is 2.14. The third-order valence-electron chi connectivity index (χ3n) is 3.81. The van der Waals surface area contributed by atoms with Crippen LogP contribution in [0.1, 0.15) is 35.9 Å². The van der Waals surface area contributed by atoms with Crippen LogP contribution in [0.3, 0.4) is 0 Å². The van der Waals surface area contributed by atoms with Crippen molar-refractivity contribution < 1.29 is 18.0 Å². The van der Waals surface area contributed by atoms with Crippen LogP contribution in [-0.4, -0.2) is 61.2 Å². The van der Waals surface area contributed by atoms with Crippen molar-refractivity contribution in [1.82, 2.24) is 9.21 Å². The molecule has 2 heterocycles. The summed E-state index contributed by atoms with van der Waals surface area (Å²) in [6.45, 7) is 3.31. The molecule has 2 rings (SSSR count). The Bertz CT molecular complexity index is 632. The molecule has 0 atom stereocenters. The predicted molar refractivity (Wildman–Crippen MR) is 90.1 cm³/mol. The lowest BCUT2D eigenvalue weighted by atomic mass is 10.1. The number of sulfonamides is 1. The van der Waals surface area contributed by atoms with E-state index in [1.54, 1.807) is 11.0 Å². The van der Waals surface area contributed by atoms with Crippen LogP contribution in [0, 0.1) is 0 Å². The number of rotatable bonds is 7. The number of thiophene rings is 1. The average Bonchev–Trinajstić information content (AvgIpc) is 3.07. The summed E-state index contributed by atoms with van der Waals surface area (Å²) in [5, 5.41) is 1.84. The summed E-state index contributed by atoms with van der Waals surface area (Å²) in [6.07, 6.45) is 0.971. The number of hydrogen-bond acceptors (Lipinski definition) is 5. The van der Waals surface area contributed by atoms with E-state index in [0.717, 1.165) is 0 Å². The van der Waals surface area contributed by atoms with Gasteiger partial charge in [0.15, 0.2) is 5.78 Å². The van der Waals surface area contributed by atoms with Crippen molar-refractivity contribution in [3.8, 4) is 0 Å². The maximum absolute atomic E-state index is 12.2. The van der Waals surface area contributed by atoms with Crippen molar-refractivity contribution in [1.29, 1.82) is 0 Å². The highest BCUT2D eigenvalue weighted by Gasteiger charge is 2.28. The van der Waals surface area contributed by atoms with Crippen LogP contribution in [-0.2, 0) is 14.8 Å². The molecular weight excluding hydrogens is 336 g/mol. The zero-order valence-corrected chi connectivity index (χ0v) is 14.9. The van der Waals surface area contributed by atoms with E-state index in [9.17, 15) is 18.0 Å². The minimum Gasteiger partial charge on any atom is -0.340 e. The Morgan fingerprint density at radius 2 is 1.87 bits per heavy atom. The number of amides is 1. The normalized spacial score (nSPS) is 16.5. The fourth-order valence-electron chi connectivity index (χ4n) is 2.54. The number of carbonyl (C=O) groups excluding carboxylic acids is 2. The van der Waals surface area contributed by atoms with E-state index in [1.807, 2.05) is 18.4 Å². The van der Waals surface area contributed by atoms with E-state index in [0.29, 0.717) is 37.5 Å². The Labute approximate surface area is 141 Å². The molecule has 0 N–H and O–H groups in total. The summed E-state index contributed by atoms with van der Waals surface area (Å²) in [4.78, 5) is 26.4. The topological polar surface area (TPSA) is 74.8 Å². The molecule has 1 aliphatic heterocycles. The summed E-state index contributed by atoms with van der Waals surface area (Å²) >= 11 is 1.38. The Morgan fingerprint density at radius 1 is 1.17 bits per heavy atom. The minimum absolute atomic E-state index is 0.0162. The highest BCUT2D eigenvalue weighted by molar-refractivity contribution is 7.89. The fraction of sp³-hybridized carbons (Fsp3) is 0.600. The molecule has 1 aromatic heterocycles.